The van der Waals surface area contributed by atoms with Crippen LogP contribution in [0.15, 0.2) is 12.3 Å². The Balaban J connectivity index is 2.79. The van der Waals surface area contributed by atoms with Crippen LogP contribution in [0.4, 0.5) is 3.89 Å². The van der Waals surface area contributed by atoms with E-state index in [-0.39, 0.29) is 34.3 Å². The van der Waals surface area contributed by atoms with E-state index in [0.717, 1.165) is 3.97 Å². The SMILES string of the molecule is COC(=O)c1ccnc2nc(Cl)n(SF)c12. The minimum Gasteiger partial charge on any atom is -0.465 e. The summed E-state index contributed by atoms with van der Waals surface area (Å²) in [5.41, 5.74) is 0.557. The first kappa shape index (κ1) is 11.2. The van der Waals surface area contributed by atoms with Crippen molar-refractivity contribution in [1.29, 1.82) is 0 Å². The summed E-state index contributed by atoms with van der Waals surface area (Å²) < 4.78 is 18.2. The minimum absolute atomic E-state index is 0.0913. The van der Waals surface area contributed by atoms with Crippen LogP contribution >= 0.6 is 23.9 Å². The molecule has 0 spiro atoms. The van der Waals surface area contributed by atoms with Crippen LogP contribution in [0.3, 0.4) is 0 Å². The van der Waals surface area contributed by atoms with Crippen molar-refractivity contribution in [3.05, 3.63) is 23.1 Å². The van der Waals surface area contributed by atoms with Gasteiger partial charge in [0.25, 0.3) is 0 Å². The van der Waals surface area contributed by atoms with Gasteiger partial charge in [-0.1, -0.05) is 0 Å². The molecule has 0 aliphatic rings. The second-order valence-corrected chi connectivity index (χ2v) is 3.61. The molecule has 84 valence electrons. The van der Waals surface area contributed by atoms with Gasteiger partial charge in [-0.15, -0.1) is 3.89 Å². The van der Waals surface area contributed by atoms with Gasteiger partial charge in [-0.25, -0.2) is 13.8 Å². The number of fused-ring (bicyclic) bond motifs is 1. The predicted octanol–water partition coefficient (Wildman–Crippen LogP) is 2.25. The van der Waals surface area contributed by atoms with Crippen molar-refractivity contribution >= 4 is 41.1 Å². The molecule has 0 unspecified atom stereocenters. The Labute approximate surface area is 99.0 Å². The molecule has 0 aliphatic heterocycles. The zero-order valence-corrected chi connectivity index (χ0v) is 9.55. The maximum absolute atomic E-state index is 12.7. The van der Waals surface area contributed by atoms with Crippen LogP contribution in [-0.4, -0.2) is 27.0 Å². The van der Waals surface area contributed by atoms with Crippen molar-refractivity contribution in [1.82, 2.24) is 13.9 Å². The second-order valence-electron chi connectivity index (χ2n) is 2.77. The Morgan fingerprint density at radius 2 is 2.44 bits per heavy atom. The van der Waals surface area contributed by atoms with E-state index in [4.69, 9.17) is 11.6 Å². The number of pyridine rings is 1. The molecular formula is C8H5ClFN3O2S. The van der Waals surface area contributed by atoms with Crippen LogP contribution in [0.5, 0.6) is 0 Å². The van der Waals surface area contributed by atoms with Gasteiger partial charge in [-0.2, -0.15) is 4.98 Å². The highest BCUT2D eigenvalue weighted by Crippen LogP contribution is 2.27. The summed E-state index contributed by atoms with van der Waals surface area (Å²) in [5.74, 6) is -0.598. The minimum atomic E-state index is -0.598. The summed E-state index contributed by atoms with van der Waals surface area (Å²) in [6, 6.07) is 1.42. The zero-order valence-electron chi connectivity index (χ0n) is 7.98. The molecule has 2 aromatic rings. The molecule has 2 heterocycles. The quantitative estimate of drug-likeness (QED) is 0.776. The average Bonchev–Trinajstić information content (AvgIpc) is 2.63. The molecule has 8 heteroatoms. The highest BCUT2D eigenvalue weighted by molar-refractivity contribution is 7.93. The molecule has 0 fully saturated rings. The molecular weight excluding hydrogens is 257 g/mol. The van der Waals surface area contributed by atoms with Crippen LogP contribution in [0.1, 0.15) is 10.4 Å². The van der Waals surface area contributed by atoms with E-state index in [0.29, 0.717) is 0 Å². The maximum atomic E-state index is 12.7. The van der Waals surface area contributed by atoms with Gasteiger partial charge in [-0.05, 0) is 17.7 Å². The number of aromatic nitrogens is 3. The number of hydrogen-bond acceptors (Lipinski definition) is 5. The van der Waals surface area contributed by atoms with Crippen molar-refractivity contribution in [2.75, 3.05) is 7.11 Å². The highest BCUT2D eigenvalue weighted by atomic mass is 35.5. The van der Waals surface area contributed by atoms with Crippen molar-refractivity contribution in [2.24, 2.45) is 0 Å². The molecule has 0 bridgehead atoms. The molecule has 0 aromatic carbocycles. The van der Waals surface area contributed by atoms with E-state index >= 15 is 0 Å². The lowest BCUT2D eigenvalue weighted by Gasteiger charge is -2.02. The number of hydrogen-bond donors (Lipinski definition) is 0. The molecule has 0 saturated carbocycles. The molecule has 5 nitrogen and oxygen atoms in total. The molecule has 0 radical (unpaired) electrons. The number of methoxy groups -OCH3 is 1. The largest absolute Gasteiger partial charge is 0.465 e. The highest BCUT2D eigenvalue weighted by Gasteiger charge is 2.19. The van der Waals surface area contributed by atoms with Crippen LogP contribution in [-0.2, 0) is 4.74 Å². The number of carbonyl (C=O) groups is 1. The number of nitrogens with zero attached hydrogens (tertiary/aromatic N) is 3. The summed E-state index contributed by atoms with van der Waals surface area (Å²) >= 11 is 5.53. The Morgan fingerprint density at radius 3 is 3.06 bits per heavy atom. The average molecular weight is 262 g/mol. The number of carbonyl (C=O) groups excluding carboxylic acids is 1. The fourth-order valence-corrected chi connectivity index (χ4v) is 1.88. The van der Waals surface area contributed by atoms with Gasteiger partial charge in [0.1, 0.15) is 5.52 Å². The van der Waals surface area contributed by atoms with Crippen molar-refractivity contribution < 1.29 is 13.4 Å². The Morgan fingerprint density at radius 1 is 1.69 bits per heavy atom. The van der Waals surface area contributed by atoms with Crippen molar-refractivity contribution in [3.8, 4) is 0 Å². The van der Waals surface area contributed by atoms with E-state index in [1.807, 2.05) is 0 Å². The molecule has 0 amide bonds. The van der Waals surface area contributed by atoms with Gasteiger partial charge in [0, 0.05) is 6.20 Å². The molecule has 0 saturated heterocycles. The topological polar surface area (TPSA) is 57.0 Å². The maximum Gasteiger partial charge on any atom is 0.340 e. The number of ether oxygens (including phenoxy) is 1. The van der Waals surface area contributed by atoms with Gasteiger partial charge >= 0.3 is 5.97 Å². The van der Waals surface area contributed by atoms with Gasteiger partial charge in [0.15, 0.2) is 18.0 Å². The van der Waals surface area contributed by atoms with E-state index in [2.05, 4.69) is 14.7 Å². The first-order chi connectivity index (χ1) is 7.69. The van der Waals surface area contributed by atoms with Crippen LogP contribution in [0, 0.1) is 0 Å². The summed E-state index contributed by atoms with van der Waals surface area (Å²) in [6.07, 6.45) is 1.38. The fraction of sp³-hybridized carbons (Fsp3) is 0.125. The summed E-state index contributed by atoms with van der Waals surface area (Å²) in [7, 11) is 1.24. The lowest BCUT2D eigenvalue weighted by molar-refractivity contribution is 0.0602. The first-order valence-electron chi connectivity index (χ1n) is 4.09. The number of imidazole rings is 1. The summed E-state index contributed by atoms with van der Waals surface area (Å²) in [6.45, 7) is 0. The monoisotopic (exact) mass is 261 g/mol. The van der Waals surface area contributed by atoms with Crippen molar-refractivity contribution in [2.45, 2.75) is 0 Å². The third kappa shape index (κ3) is 1.61. The summed E-state index contributed by atoms with van der Waals surface area (Å²) in [4.78, 5) is 19.1. The fourth-order valence-electron chi connectivity index (χ4n) is 1.29. The molecule has 16 heavy (non-hydrogen) atoms. The zero-order chi connectivity index (χ0) is 11.7. The Hall–Kier alpha value is -1.34. The van der Waals surface area contributed by atoms with E-state index in [1.54, 1.807) is 0 Å². The normalized spacial score (nSPS) is 10.7. The van der Waals surface area contributed by atoms with Crippen LogP contribution in [0.25, 0.3) is 11.2 Å². The number of esters is 1. The Bertz CT molecular complexity index is 559. The standard InChI is InChI=1S/C8H5ClFN3O2S/c1-15-7(14)4-2-3-11-6-5(4)13(16-10)8(9)12-6/h2-3H,1H3. The molecule has 2 aromatic heterocycles. The van der Waals surface area contributed by atoms with Gasteiger partial charge < -0.3 is 4.74 Å². The predicted molar refractivity (Wildman–Crippen MR) is 58.0 cm³/mol. The lowest BCUT2D eigenvalue weighted by Crippen LogP contribution is -2.03. The van der Waals surface area contributed by atoms with E-state index < -0.39 is 5.97 Å². The molecule has 0 aliphatic carbocycles. The Kier molecular flexibility index (Phi) is 2.97. The number of rotatable bonds is 2. The van der Waals surface area contributed by atoms with Crippen molar-refractivity contribution in [3.63, 3.8) is 0 Å². The van der Waals surface area contributed by atoms with Gasteiger partial charge in [-0.3, -0.25) is 0 Å². The smallest absolute Gasteiger partial charge is 0.340 e. The van der Waals surface area contributed by atoms with E-state index in [1.165, 1.54) is 19.4 Å². The number of halogens is 2. The summed E-state index contributed by atoms with van der Waals surface area (Å²) in [5, 5.41) is -0.0913. The van der Waals surface area contributed by atoms with Gasteiger partial charge in [0.05, 0.1) is 12.7 Å². The molecule has 2 rings (SSSR count). The van der Waals surface area contributed by atoms with Gasteiger partial charge in [0.2, 0.25) is 5.28 Å². The van der Waals surface area contributed by atoms with E-state index in [9.17, 15) is 8.68 Å². The third-order valence-electron chi connectivity index (χ3n) is 1.95. The van der Waals surface area contributed by atoms with Crippen LogP contribution < -0.4 is 0 Å². The second kappa shape index (κ2) is 4.26. The van der Waals surface area contributed by atoms with Crippen LogP contribution in [0.2, 0.25) is 5.28 Å². The first-order valence-corrected chi connectivity index (χ1v) is 5.14. The molecule has 0 atom stereocenters. The third-order valence-corrected chi connectivity index (χ3v) is 2.80. The molecule has 0 N–H and O–H groups in total. The lowest BCUT2D eigenvalue weighted by atomic mass is 10.2.